The maximum Gasteiger partial charge on any atom is 0.416 e. The van der Waals surface area contributed by atoms with Crippen molar-refractivity contribution in [1.82, 2.24) is 4.98 Å². The average molecular weight is 484 g/mol. The van der Waals surface area contributed by atoms with Gasteiger partial charge in [-0.25, -0.2) is 4.98 Å². The number of pyridine rings is 1. The molecule has 2 N–H and O–H groups in total. The van der Waals surface area contributed by atoms with E-state index >= 15 is 0 Å². The van der Waals surface area contributed by atoms with Gasteiger partial charge in [0.1, 0.15) is 4.83 Å². The monoisotopic (exact) mass is 484 g/mol. The van der Waals surface area contributed by atoms with E-state index in [0.29, 0.717) is 39.7 Å². The number of nitrogens with zero attached hydrogens (tertiary/aromatic N) is 1. The van der Waals surface area contributed by atoms with Crippen molar-refractivity contribution in [3.63, 3.8) is 0 Å². The van der Waals surface area contributed by atoms with Crippen molar-refractivity contribution >= 4 is 33.0 Å². The fraction of sp³-hybridized carbons (Fsp3) is 0.200. The second-order valence-electron chi connectivity index (χ2n) is 7.93. The number of nitrogen functional groups attached to an aromatic ring is 1. The highest BCUT2D eigenvalue weighted by atomic mass is 32.1. The van der Waals surface area contributed by atoms with E-state index in [0.717, 1.165) is 34.3 Å². The number of fused-ring (bicyclic) bond motifs is 2. The molecule has 0 fully saturated rings. The summed E-state index contributed by atoms with van der Waals surface area (Å²) < 4.78 is 48.9. The average Bonchev–Trinajstić information content (AvgIpc) is 3.42. The van der Waals surface area contributed by atoms with Crippen LogP contribution in [0.15, 0.2) is 54.6 Å². The fourth-order valence-electron chi connectivity index (χ4n) is 3.85. The van der Waals surface area contributed by atoms with Crippen molar-refractivity contribution in [3.05, 3.63) is 70.6 Å². The number of rotatable bonds is 6. The number of benzene rings is 2. The molecule has 0 bridgehead atoms. The van der Waals surface area contributed by atoms with Gasteiger partial charge in [-0.1, -0.05) is 12.1 Å². The van der Waals surface area contributed by atoms with Crippen molar-refractivity contribution in [2.75, 3.05) is 12.5 Å². The third kappa shape index (κ3) is 4.31. The molecule has 5 rings (SSSR count). The van der Waals surface area contributed by atoms with Crippen LogP contribution in [0.5, 0.6) is 11.5 Å². The summed E-state index contributed by atoms with van der Waals surface area (Å²) in [5, 5.41) is 0.723. The molecule has 1 aliphatic heterocycles. The van der Waals surface area contributed by atoms with E-state index in [2.05, 4.69) is 4.98 Å². The molecule has 4 aromatic rings. The molecular weight excluding hydrogens is 465 g/mol. The van der Waals surface area contributed by atoms with Gasteiger partial charge in [0.05, 0.1) is 21.8 Å². The summed E-state index contributed by atoms with van der Waals surface area (Å²) in [6, 6.07) is 14.3. The molecule has 5 nitrogen and oxygen atoms in total. The Morgan fingerprint density at radius 1 is 1.03 bits per heavy atom. The molecule has 2 aromatic carbocycles. The number of aromatic nitrogens is 1. The van der Waals surface area contributed by atoms with Gasteiger partial charge in [0.15, 0.2) is 17.3 Å². The molecule has 34 heavy (non-hydrogen) atoms. The molecule has 174 valence electrons. The Morgan fingerprint density at radius 3 is 2.56 bits per heavy atom. The Bertz CT molecular complexity index is 1380. The number of ether oxygens (including phenoxy) is 2. The van der Waals surface area contributed by atoms with Crippen molar-refractivity contribution in [2.45, 2.75) is 25.4 Å². The van der Waals surface area contributed by atoms with E-state index < -0.39 is 11.7 Å². The first-order valence-electron chi connectivity index (χ1n) is 10.6. The number of hydrogen-bond acceptors (Lipinski definition) is 6. The minimum atomic E-state index is -4.36. The summed E-state index contributed by atoms with van der Waals surface area (Å²) in [6.45, 7) is 0.192. The standard InChI is InChI=1S/C25H19F3N2O3S/c26-25(27,28)16-7-4-14(5-8-16)2-1-3-19(31)23-22(29)17-9-10-18(30-24(17)34-23)15-6-11-20-21(12-15)33-13-32-20/h4-12H,1-3,13,29H2. The maximum absolute atomic E-state index is 12.8. The third-order valence-electron chi connectivity index (χ3n) is 5.67. The smallest absolute Gasteiger partial charge is 0.416 e. The molecule has 9 heteroatoms. The molecule has 0 radical (unpaired) electrons. The molecule has 0 saturated heterocycles. The molecule has 0 spiro atoms. The zero-order valence-electron chi connectivity index (χ0n) is 17.8. The quantitative estimate of drug-likeness (QED) is 0.316. The van der Waals surface area contributed by atoms with Crippen LogP contribution in [0, 0.1) is 0 Å². The molecule has 0 unspecified atom stereocenters. The van der Waals surface area contributed by atoms with E-state index in [1.807, 2.05) is 30.3 Å². The van der Waals surface area contributed by atoms with E-state index in [9.17, 15) is 18.0 Å². The first-order chi connectivity index (χ1) is 16.3. The van der Waals surface area contributed by atoms with Gasteiger partial charge in [0.2, 0.25) is 6.79 Å². The van der Waals surface area contributed by atoms with Gasteiger partial charge in [0, 0.05) is 17.4 Å². The van der Waals surface area contributed by atoms with Gasteiger partial charge in [-0.3, -0.25) is 4.79 Å². The molecule has 0 saturated carbocycles. The number of nitrogens with two attached hydrogens (primary N) is 1. The summed E-state index contributed by atoms with van der Waals surface area (Å²) in [5.41, 5.74) is 8.32. The number of Topliss-reactive ketones (excluding diaryl/α,β-unsaturated/α-hetero) is 1. The topological polar surface area (TPSA) is 74.4 Å². The second-order valence-corrected chi connectivity index (χ2v) is 8.93. The zero-order chi connectivity index (χ0) is 23.9. The van der Waals surface area contributed by atoms with Gasteiger partial charge < -0.3 is 15.2 Å². The van der Waals surface area contributed by atoms with Gasteiger partial charge in [-0.2, -0.15) is 13.2 Å². The lowest BCUT2D eigenvalue weighted by Crippen LogP contribution is -2.04. The van der Waals surface area contributed by atoms with Crippen molar-refractivity contribution in [2.24, 2.45) is 0 Å². The third-order valence-corrected chi connectivity index (χ3v) is 6.82. The summed E-state index contributed by atoms with van der Waals surface area (Å²) in [6.07, 6.45) is -3.11. The van der Waals surface area contributed by atoms with Crippen LogP contribution in [0.4, 0.5) is 18.9 Å². The number of carbonyl (C=O) groups is 1. The molecule has 0 aliphatic carbocycles. The number of carbonyl (C=O) groups excluding carboxylic acids is 1. The van der Waals surface area contributed by atoms with Gasteiger partial charge in [-0.05, 0) is 60.9 Å². The SMILES string of the molecule is Nc1c(C(=O)CCCc2ccc(C(F)(F)F)cc2)sc2nc(-c3ccc4c(c3)OCO4)ccc12. The van der Waals surface area contributed by atoms with Gasteiger partial charge in [0.25, 0.3) is 0 Å². The summed E-state index contributed by atoms with van der Waals surface area (Å²) in [5.74, 6) is 1.25. The molecular formula is C25H19F3N2O3S. The normalized spacial score (nSPS) is 12.9. The van der Waals surface area contributed by atoms with Crippen LogP contribution in [-0.2, 0) is 12.6 Å². The number of alkyl halides is 3. The fourth-order valence-corrected chi connectivity index (χ4v) is 4.91. The highest BCUT2D eigenvalue weighted by molar-refractivity contribution is 7.21. The number of ketones is 1. The Balaban J connectivity index is 1.28. The predicted octanol–water partition coefficient (Wildman–Crippen LogP) is 6.50. The molecule has 2 aromatic heterocycles. The highest BCUT2D eigenvalue weighted by Gasteiger charge is 2.29. The first-order valence-corrected chi connectivity index (χ1v) is 11.4. The molecule has 0 amide bonds. The van der Waals surface area contributed by atoms with Crippen molar-refractivity contribution in [1.29, 1.82) is 0 Å². The van der Waals surface area contributed by atoms with E-state index in [-0.39, 0.29) is 19.0 Å². The highest BCUT2D eigenvalue weighted by Crippen LogP contribution is 2.38. The predicted molar refractivity (Wildman–Crippen MR) is 124 cm³/mol. The summed E-state index contributed by atoms with van der Waals surface area (Å²) >= 11 is 1.25. The number of thiophene rings is 1. The van der Waals surface area contributed by atoms with Crippen molar-refractivity contribution < 1.29 is 27.4 Å². The largest absolute Gasteiger partial charge is 0.454 e. The maximum atomic E-state index is 12.8. The lowest BCUT2D eigenvalue weighted by atomic mass is 10.0. The Morgan fingerprint density at radius 2 is 1.79 bits per heavy atom. The number of anilines is 1. The van der Waals surface area contributed by atoms with Crippen molar-refractivity contribution in [3.8, 4) is 22.8 Å². The minimum absolute atomic E-state index is 0.1000. The Kier molecular flexibility index (Phi) is 5.65. The van der Waals surface area contributed by atoms with Gasteiger partial charge in [-0.15, -0.1) is 11.3 Å². The van der Waals surface area contributed by atoms with E-state index in [1.165, 1.54) is 23.5 Å². The Hall–Kier alpha value is -3.59. The lowest BCUT2D eigenvalue weighted by molar-refractivity contribution is -0.137. The number of aryl methyl sites for hydroxylation is 1. The molecule has 0 atom stereocenters. The number of hydrogen-bond donors (Lipinski definition) is 1. The van der Waals surface area contributed by atoms with E-state index in [1.54, 1.807) is 0 Å². The first kappa shape index (κ1) is 22.2. The van der Waals surface area contributed by atoms with Crippen LogP contribution >= 0.6 is 11.3 Å². The zero-order valence-corrected chi connectivity index (χ0v) is 18.6. The molecule has 3 heterocycles. The van der Waals surface area contributed by atoms with Crippen LogP contribution < -0.4 is 15.2 Å². The number of halogens is 3. The lowest BCUT2D eigenvalue weighted by Gasteiger charge is -2.07. The van der Waals surface area contributed by atoms with E-state index in [4.69, 9.17) is 15.2 Å². The van der Waals surface area contributed by atoms with Crippen LogP contribution in [0.2, 0.25) is 0 Å². The van der Waals surface area contributed by atoms with Crippen LogP contribution in [0.3, 0.4) is 0 Å². The minimum Gasteiger partial charge on any atom is -0.454 e. The van der Waals surface area contributed by atoms with Crippen LogP contribution in [0.1, 0.15) is 33.6 Å². The summed E-state index contributed by atoms with van der Waals surface area (Å²) in [4.78, 5) is 18.6. The van der Waals surface area contributed by atoms with Crippen LogP contribution in [0.25, 0.3) is 21.5 Å². The van der Waals surface area contributed by atoms with Gasteiger partial charge >= 0.3 is 6.18 Å². The molecule has 1 aliphatic rings. The second kappa shape index (κ2) is 8.64. The van der Waals surface area contributed by atoms with Crippen LogP contribution in [-0.4, -0.2) is 17.6 Å². The summed E-state index contributed by atoms with van der Waals surface area (Å²) in [7, 11) is 0. The Labute approximate surface area is 196 Å².